The molecule has 0 aliphatic carbocycles. The average Bonchev–Trinajstić information content (AvgIpc) is 2.85. The molecule has 5 rings (SSSR count). The first-order valence-electron chi connectivity index (χ1n) is 10.7. The number of nitrogens with zero attached hydrogens (tertiary/aromatic N) is 2. The lowest BCUT2D eigenvalue weighted by Crippen LogP contribution is -2.12. The quantitative estimate of drug-likeness (QED) is 0.275. The number of aromatic nitrogens is 2. The van der Waals surface area contributed by atoms with Crippen LogP contribution < -0.4 is 21.3 Å². The molecule has 3 N–H and O–H groups in total. The number of carbonyl (C=O) groups excluding carboxylic acids is 1. The lowest BCUT2D eigenvalue weighted by Gasteiger charge is -2.12. The molecule has 2 heterocycles. The van der Waals surface area contributed by atoms with Gasteiger partial charge in [0.1, 0.15) is 0 Å². The number of hydrogen-bond acceptors (Lipinski definition) is 5. The summed E-state index contributed by atoms with van der Waals surface area (Å²) in [7, 11) is 2.75. The number of rotatable bonds is 6. The van der Waals surface area contributed by atoms with Crippen molar-refractivity contribution in [1.82, 2.24) is 9.97 Å². The molecule has 0 aliphatic rings. The SMILES string of the molecule is O=C(Nc1cccc(Nc2ccncc2)c1)c1ccc(Nc2ccnc3cccc(P)c23)cc1. The van der Waals surface area contributed by atoms with E-state index in [9.17, 15) is 4.79 Å². The number of benzene rings is 3. The van der Waals surface area contributed by atoms with E-state index in [1.165, 1.54) is 0 Å². The minimum atomic E-state index is -0.172. The van der Waals surface area contributed by atoms with E-state index in [0.717, 1.165) is 39.0 Å². The summed E-state index contributed by atoms with van der Waals surface area (Å²) < 4.78 is 0. The van der Waals surface area contributed by atoms with Gasteiger partial charge in [-0.25, -0.2) is 0 Å². The third-order valence-corrected chi connectivity index (χ3v) is 5.80. The Hall–Kier alpha value is -4.28. The van der Waals surface area contributed by atoms with Crippen LogP contribution in [0, 0.1) is 0 Å². The molecule has 0 spiro atoms. The first kappa shape index (κ1) is 21.6. The van der Waals surface area contributed by atoms with Gasteiger partial charge in [-0.05, 0) is 72.0 Å². The first-order chi connectivity index (χ1) is 16.7. The predicted molar refractivity (Wildman–Crippen MR) is 143 cm³/mol. The van der Waals surface area contributed by atoms with Crippen molar-refractivity contribution in [3.8, 4) is 0 Å². The number of hydrogen-bond donors (Lipinski definition) is 3. The Bertz CT molecular complexity index is 1450. The molecule has 34 heavy (non-hydrogen) atoms. The van der Waals surface area contributed by atoms with Crippen LogP contribution >= 0.6 is 9.24 Å². The Balaban J connectivity index is 1.28. The molecule has 0 radical (unpaired) electrons. The van der Waals surface area contributed by atoms with Gasteiger partial charge in [-0.3, -0.25) is 14.8 Å². The molecule has 1 amide bonds. The third kappa shape index (κ3) is 4.87. The van der Waals surface area contributed by atoms with Crippen molar-refractivity contribution < 1.29 is 4.79 Å². The van der Waals surface area contributed by atoms with Crippen LogP contribution in [-0.2, 0) is 0 Å². The monoisotopic (exact) mass is 463 g/mol. The Kier molecular flexibility index (Phi) is 6.15. The van der Waals surface area contributed by atoms with Gasteiger partial charge < -0.3 is 16.0 Å². The van der Waals surface area contributed by atoms with Crippen LogP contribution in [0.3, 0.4) is 0 Å². The van der Waals surface area contributed by atoms with Gasteiger partial charge in [0.25, 0.3) is 5.91 Å². The predicted octanol–water partition coefficient (Wildman–Crippen LogP) is 5.87. The Labute approximate surface area is 199 Å². The summed E-state index contributed by atoms with van der Waals surface area (Å²) >= 11 is 0. The van der Waals surface area contributed by atoms with Crippen molar-refractivity contribution in [1.29, 1.82) is 0 Å². The highest BCUT2D eigenvalue weighted by molar-refractivity contribution is 7.28. The van der Waals surface area contributed by atoms with Crippen LogP contribution in [0.4, 0.5) is 28.4 Å². The van der Waals surface area contributed by atoms with Gasteiger partial charge in [0.05, 0.1) is 11.2 Å². The van der Waals surface area contributed by atoms with Crippen LogP contribution in [-0.4, -0.2) is 15.9 Å². The molecule has 6 nitrogen and oxygen atoms in total. The van der Waals surface area contributed by atoms with Crippen molar-refractivity contribution in [3.63, 3.8) is 0 Å². The fourth-order valence-corrected chi connectivity index (χ4v) is 4.09. The summed E-state index contributed by atoms with van der Waals surface area (Å²) in [5.41, 5.74) is 5.87. The van der Waals surface area contributed by atoms with Gasteiger partial charge in [-0.1, -0.05) is 18.2 Å². The molecule has 5 aromatic rings. The molecule has 2 aromatic heterocycles. The fourth-order valence-electron chi connectivity index (χ4n) is 3.68. The summed E-state index contributed by atoms with van der Waals surface area (Å²) in [6.45, 7) is 0. The number of anilines is 5. The minimum Gasteiger partial charge on any atom is -0.355 e. The third-order valence-electron chi connectivity index (χ3n) is 5.31. The normalized spacial score (nSPS) is 10.6. The van der Waals surface area contributed by atoms with Crippen molar-refractivity contribution in [2.45, 2.75) is 0 Å². The van der Waals surface area contributed by atoms with E-state index in [0.29, 0.717) is 11.3 Å². The van der Waals surface area contributed by atoms with E-state index in [1.807, 2.05) is 84.9 Å². The summed E-state index contributed by atoms with van der Waals surface area (Å²) in [6, 6.07) is 26.7. The molecule has 1 unspecified atom stereocenters. The van der Waals surface area contributed by atoms with E-state index in [1.54, 1.807) is 18.6 Å². The lowest BCUT2D eigenvalue weighted by atomic mass is 10.1. The van der Waals surface area contributed by atoms with Crippen molar-refractivity contribution in [2.24, 2.45) is 0 Å². The fraction of sp³-hybridized carbons (Fsp3) is 0. The zero-order valence-electron chi connectivity index (χ0n) is 18.2. The first-order valence-corrected chi connectivity index (χ1v) is 11.3. The molecule has 3 aromatic carbocycles. The second-order valence-electron chi connectivity index (χ2n) is 7.70. The molecule has 166 valence electrons. The summed E-state index contributed by atoms with van der Waals surface area (Å²) in [5.74, 6) is -0.172. The average molecular weight is 463 g/mol. The van der Waals surface area contributed by atoms with Gasteiger partial charge in [0.2, 0.25) is 0 Å². The molecule has 1 atom stereocenters. The molecule has 0 aliphatic heterocycles. The van der Waals surface area contributed by atoms with Gasteiger partial charge in [-0.2, -0.15) is 0 Å². The molecule has 7 heteroatoms. The summed E-state index contributed by atoms with van der Waals surface area (Å²) in [6.07, 6.45) is 5.24. The topological polar surface area (TPSA) is 78.9 Å². The standard InChI is InChI=1S/C27H22N5OP/c33-27(32-22-4-1-3-21(17-22)30-20-11-14-28-15-12-20)18-7-9-19(10-8-18)31-24-13-16-29-23-5-2-6-25(34)26(23)24/h1-17H,34H2,(H,28,30)(H,29,31)(H,32,33). The van der Waals surface area contributed by atoms with E-state index >= 15 is 0 Å². The smallest absolute Gasteiger partial charge is 0.255 e. The second-order valence-corrected chi connectivity index (χ2v) is 8.32. The number of pyridine rings is 2. The van der Waals surface area contributed by atoms with E-state index in [2.05, 4.69) is 35.2 Å². The van der Waals surface area contributed by atoms with Crippen molar-refractivity contribution in [2.75, 3.05) is 16.0 Å². The van der Waals surface area contributed by atoms with E-state index in [4.69, 9.17) is 0 Å². The van der Waals surface area contributed by atoms with E-state index < -0.39 is 0 Å². The maximum Gasteiger partial charge on any atom is 0.255 e. The van der Waals surface area contributed by atoms with Gasteiger partial charge in [0, 0.05) is 52.3 Å². The Morgan fingerprint density at radius 3 is 2.26 bits per heavy atom. The van der Waals surface area contributed by atoms with Crippen molar-refractivity contribution in [3.05, 3.63) is 109 Å². The highest BCUT2D eigenvalue weighted by Gasteiger charge is 2.09. The molecular weight excluding hydrogens is 441 g/mol. The van der Waals surface area contributed by atoms with Crippen molar-refractivity contribution >= 4 is 59.8 Å². The highest BCUT2D eigenvalue weighted by atomic mass is 31.0. The number of fused-ring (bicyclic) bond motifs is 1. The molecule has 0 bridgehead atoms. The summed E-state index contributed by atoms with van der Waals surface area (Å²) in [5, 5.41) is 11.8. The summed E-state index contributed by atoms with van der Waals surface area (Å²) in [4.78, 5) is 21.3. The van der Waals surface area contributed by atoms with Crippen LogP contribution in [0.15, 0.2) is 104 Å². The maximum absolute atomic E-state index is 12.8. The highest BCUT2D eigenvalue weighted by Crippen LogP contribution is 2.25. The molecular formula is C27H22N5OP. The lowest BCUT2D eigenvalue weighted by molar-refractivity contribution is 0.102. The van der Waals surface area contributed by atoms with E-state index in [-0.39, 0.29) is 5.91 Å². The molecule has 0 saturated heterocycles. The number of carbonyl (C=O) groups is 1. The zero-order chi connectivity index (χ0) is 23.3. The molecule has 0 fully saturated rings. The zero-order valence-corrected chi connectivity index (χ0v) is 19.3. The van der Waals surface area contributed by atoms with Gasteiger partial charge in [-0.15, -0.1) is 9.24 Å². The maximum atomic E-state index is 12.8. The Morgan fingerprint density at radius 1 is 0.706 bits per heavy atom. The largest absolute Gasteiger partial charge is 0.355 e. The van der Waals surface area contributed by atoms with Crippen LogP contribution in [0.2, 0.25) is 0 Å². The second kappa shape index (κ2) is 9.69. The Morgan fingerprint density at radius 2 is 1.44 bits per heavy atom. The van der Waals surface area contributed by atoms with Crippen LogP contribution in [0.1, 0.15) is 10.4 Å². The van der Waals surface area contributed by atoms with Crippen LogP contribution in [0.25, 0.3) is 10.9 Å². The van der Waals surface area contributed by atoms with Gasteiger partial charge in [0.15, 0.2) is 0 Å². The molecule has 0 saturated carbocycles. The number of nitrogens with one attached hydrogen (secondary N) is 3. The van der Waals surface area contributed by atoms with Crippen LogP contribution in [0.5, 0.6) is 0 Å². The van der Waals surface area contributed by atoms with Gasteiger partial charge >= 0.3 is 0 Å². The minimum absolute atomic E-state index is 0.172. The number of amides is 1.